The van der Waals surface area contributed by atoms with Crippen LogP contribution in [0.3, 0.4) is 0 Å². The SMILES string of the molecule is CCN(CCCN(C)C(=O)c1ccc2n[nH]c(C)c2c1)c1ccccc1. The van der Waals surface area contributed by atoms with Gasteiger partial charge in [0.2, 0.25) is 0 Å². The predicted octanol–water partition coefficient (Wildman–Crippen LogP) is 3.86. The standard InChI is InChI=1S/C21H26N4O/c1-4-25(18-9-6-5-7-10-18)14-8-13-24(3)21(26)17-11-12-20-19(15-17)16(2)22-23-20/h5-7,9-12,15H,4,8,13-14H2,1-3H3,(H,22,23). The van der Waals surface area contributed by atoms with E-state index in [1.165, 1.54) is 5.69 Å². The van der Waals surface area contributed by atoms with Crippen LogP contribution in [0.15, 0.2) is 48.5 Å². The molecule has 1 aromatic heterocycles. The second-order valence-corrected chi connectivity index (χ2v) is 6.58. The molecule has 0 aliphatic rings. The normalized spacial score (nSPS) is 10.9. The van der Waals surface area contributed by atoms with Crippen LogP contribution in [0.4, 0.5) is 5.69 Å². The van der Waals surface area contributed by atoms with E-state index in [4.69, 9.17) is 0 Å². The van der Waals surface area contributed by atoms with Crippen molar-refractivity contribution in [1.29, 1.82) is 0 Å². The van der Waals surface area contributed by atoms with E-state index < -0.39 is 0 Å². The second-order valence-electron chi connectivity index (χ2n) is 6.58. The fourth-order valence-corrected chi connectivity index (χ4v) is 3.20. The van der Waals surface area contributed by atoms with Crippen molar-refractivity contribution in [2.45, 2.75) is 20.3 Å². The van der Waals surface area contributed by atoms with Gasteiger partial charge in [-0.3, -0.25) is 9.89 Å². The molecule has 0 unspecified atom stereocenters. The topological polar surface area (TPSA) is 52.2 Å². The molecule has 0 saturated carbocycles. The molecular formula is C21H26N4O. The van der Waals surface area contributed by atoms with Gasteiger partial charge in [0.1, 0.15) is 0 Å². The number of carbonyl (C=O) groups is 1. The van der Waals surface area contributed by atoms with Gasteiger partial charge in [-0.05, 0) is 50.6 Å². The first-order valence-corrected chi connectivity index (χ1v) is 9.10. The Morgan fingerprint density at radius 3 is 2.62 bits per heavy atom. The highest BCUT2D eigenvalue weighted by molar-refractivity contribution is 5.98. The summed E-state index contributed by atoms with van der Waals surface area (Å²) in [5.74, 6) is 0.0512. The summed E-state index contributed by atoms with van der Waals surface area (Å²) in [5.41, 5.74) is 3.81. The van der Waals surface area contributed by atoms with Gasteiger partial charge in [-0.25, -0.2) is 0 Å². The second kappa shape index (κ2) is 8.04. The molecule has 0 saturated heterocycles. The smallest absolute Gasteiger partial charge is 0.253 e. The van der Waals surface area contributed by atoms with E-state index in [2.05, 4.69) is 46.3 Å². The lowest BCUT2D eigenvalue weighted by Crippen LogP contribution is -2.31. The number of anilines is 1. The number of aromatic nitrogens is 2. The molecule has 2 aromatic carbocycles. The maximum atomic E-state index is 12.7. The molecule has 0 spiro atoms. The summed E-state index contributed by atoms with van der Waals surface area (Å²) in [6, 6.07) is 16.1. The van der Waals surface area contributed by atoms with Gasteiger partial charge in [0.05, 0.1) is 5.52 Å². The number of rotatable bonds is 7. The van der Waals surface area contributed by atoms with Crippen LogP contribution in [0.5, 0.6) is 0 Å². The van der Waals surface area contributed by atoms with Crippen LogP contribution in [0, 0.1) is 6.92 Å². The Morgan fingerprint density at radius 1 is 1.12 bits per heavy atom. The number of nitrogens with one attached hydrogen (secondary N) is 1. The molecule has 0 aliphatic carbocycles. The van der Waals surface area contributed by atoms with Gasteiger partial charge in [-0.2, -0.15) is 5.10 Å². The summed E-state index contributed by atoms with van der Waals surface area (Å²) in [6.07, 6.45) is 0.929. The predicted molar refractivity (Wildman–Crippen MR) is 107 cm³/mol. The van der Waals surface area contributed by atoms with Gasteiger partial charge in [-0.15, -0.1) is 0 Å². The average molecular weight is 350 g/mol. The van der Waals surface area contributed by atoms with E-state index in [0.29, 0.717) is 5.56 Å². The maximum absolute atomic E-state index is 12.7. The van der Waals surface area contributed by atoms with Gasteiger partial charge in [0, 0.05) is 49.0 Å². The Morgan fingerprint density at radius 2 is 1.88 bits per heavy atom. The highest BCUT2D eigenvalue weighted by Crippen LogP contribution is 2.18. The van der Waals surface area contributed by atoms with Gasteiger partial charge in [-0.1, -0.05) is 18.2 Å². The number of benzene rings is 2. The molecule has 0 radical (unpaired) electrons. The average Bonchev–Trinajstić information content (AvgIpc) is 3.05. The first-order valence-electron chi connectivity index (χ1n) is 9.10. The fourth-order valence-electron chi connectivity index (χ4n) is 3.20. The number of para-hydroxylation sites is 1. The minimum Gasteiger partial charge on any atom is -0.372 e. The lowest BCUT2D eigenvalue weighted by molar-refractivity contribution is 0.0794. The molecule has 0 bridgehead atoms. The first kappa shape index (κ1) is 18.0. The molecule has 5 nitrogen and oxygen atoms in total. The molecule has 0 fully saturated rings. The molecule has 0 atom stereocenters. The van der Waals surface area contributed by atoms with Gasteiger partial charge in [0.25, 0.3) is 5.91 Å². The van der Waals surface area contributed by atoms with Crippen LogP contribution in [0.2, 0.25) is 0 Å². The summed E-state index contributed by atoms with van der Waals surface area (Å²) < 4.78 is 0. The third-order valence-electron chi connectivity index (χ3n) is 4.76. The van der Waals surface area contributed by atoms with Crippen LogP contribution >= 0.6 is 0 Å². The maximum Gasteiger partial charge on any atom is 0.253 e. The van der Waals surface area contributed by atoms with E-state index in [0.717, 1.165) is 42.7 Å². The van der Waals surface area contributed by atoms with E-state index in [9.17, 15) is 4.79 Å². The Bertz CT molecular complexity index is 872. The number of hydrogen-bond acceptors (Lipinski definition) is 3. The molecule has 3 aromatic rings. The Kier molecular flexibility index (Phi) is 5.56. The third kappa shape index (κ3) is 3.87. The van der Waals surface area contributed by atoms with Crippen molar-refractivity contribution in [1.82, 2.24) is 15.1 Å². The number of carbonyl (C=O) groups excluding carboxylic acids is 1. The largest absolute Gasteiger partial charge is 0.372 e. The minimum absolute atomic E-state index is 0.0512. The van der Waals surface area contributed by atoms with Crippen LogP contribution in [0.25, 0.3) is 10.9 Å². The Labute approximate surface area is 154 Å². The molecular weight excluding hydrogens is 324 g/mol. The zero-order chi connectivity index (χ0) is 18.5. The van der Waals surface area contributed by atoms with Gasteiger partial charge in [0.15, 0.2) is 0 Å². The quantitative estimate of drug-likeness (QED) is 0.704. The van der Waals surface area contributed by atoms with Gasteiger partial charge < -0.3 is 9.80 Å². The fraction of sp³-hybridized carbons (Fsp3) is 0.333. The molecule has 1 amide bonds. The van der Waals surface area contributed by atoms with Crippen molar-refractivity contribution >= 4 is 22.5 Å². The van der Waals surface area contributed by atoms with E-state index in [1.807, 2.05) is 38.2 Å². The van der Waals surface area contributed by atoms with Gasteiger partial charge >= 0.3 is 0 Å². The van der Waals surface area contributed by atoms with E-state index in [1.54, 1.807) is 4.90 Å². The molecule has 1 heterocycles. The zero-order valence-electron chi connectivity index (χ0n) is 15.7. The van der Waals surface area contributed by atoms with Crippen molar-refractivity contribution in [2.75, 3.05) is 31.6 Å². The van der Waals surface area contributed by atoms with Crippen LogP contribution < -0.4 is 4.90 Å². The highest BCUT2D eigenvalue weighted by atomic mass is 16.2. The number of aryl methyl sites for hydroxylation is 1. The summed E-state index contributed by atoms with van der Waals surface area (Å²) >= 11 is 0. The molecule has 0 aliphatic heterocycles. The summed E-state index contributed by atoms with van der Waals surface area (Å²) in [7, 11) is 1.87. The van der Waals surface area contributed by atoms with Crippen molar-refractivity contribution in [3.63, 3.8) is 0 Å². The van der Waals surface area contributed by atoms with Crippen molar-refractivity contribution in [3.05, 3.63) is 59.8 Å². The monoisotopic (exact) mass is 350 g/mol. The van der Waals surface area contributed by atoms with Crippen LogP contribution in [0.1, 0.15) is 29.4 Å². The van der Waals surface area contributed by atoms with Crippen LogP contribution in [-0.2, 0) is 0 Å². The number of nitrogens with zero attached hydrogens (tertiary/aromatic N) is 3. The molecule has 1 N–H and O–H groups in total. The van der Waals surface area contributed by atoms with E-state index >= 15 is 0 Å². The number of fused-ring (bicyclic) bond motifs is 1. The summed E-state index contributed by atoms with van der Waals surface area (Å²) in [5, 5.41) is 8.18. The Balaban J connectivity index is 1.59. The lowest BCUT2D eigenvalue weighted by atomic mass is 10.1. The molecule has 26 heavy (non-hydrogen) atoms. The number of amides is 1. The molecule has 136 valence electrons. The first-order chi connectivity index (χ1) is 12.6. The molecule has 3 rings (SSSR count). The lowest BCUT2D eigenvalue weighted by Gasteiger charge is -2.25. The number of H-pyrrole nitrogens is 1. The van der Waals surface area contributed by atoms with Crippen LogP contribution in [-0.4, -0.2) is 47.7 Å². The highest BCUT2D eigenvalue weighted by Gasteiger charge is 2.14. The molecule has 5 heteroatoms. The van der Waals surface area contributed by atoms with Crippen molar-refractivity contribution in [3.8, 4) is 0 Å². The number of aromatic amines is 1. The Hall–Kier alpha value is -2.82. The zero-order valence-corrected chi connectivity index (χ0v) is 15.7. The van der Waals surface area contributed by atoms with E-state index in [-0.39, 0.29) is 5.91 Å². The summed E-state index contributed by atoms with van der Waals surface area (Å²) in [4.78, 5) is 16.9. The van der Waals surface area contributed by atoms with Crippen molar-refractivity contribution < 1.29 is 4.79 Å². The minimum atomic E-state index is 0.0512. The summed E-state index contributed by atoms with van der Waals surface area (Å²) in [6.45, 7) is 6.74. The third-order valence-corrected chi connectivity index (χ3v) is 4.76. The number of hydrogen-bond donors (Lipinski definition) is 1. The van der Waals surface area contributed by atoms with Crippen molar-refractivity contribution in [2.24, 2.45) is 0 Å².